The van der Waals surface area contributed by atoms with E-state index in [1.165, 1.54) is 56.2 Å². The number of hydrogen-bond acceptors (Lipinski definition) is 2. The molecule has 21 heavy (non-hydrogen) atoms. The Morgan fingerprint density at radius 3 is 2.62 bits per heavy atom. The first-order valence-electron chi connectivity index (χ1n) is 8.72. The highest BCUT2D eigenvalue weighted by Gasteiger charge is 2.22. The average Bonchev–Trinajstić information content (AvgIpc) is 2.54. The van der Waals surface area contributed by atoms with Crippen LogP contribution in [0.25, 0.3) is 0 Å². The first-order chi connectivity index (χ1) is 10.3. The van der Waals surface area contributed by atoms with Crippen LogP contribution >= 0.6 is 0 Å². The van der Waals surface area contributed by atoms with Crippen LogP contribution in [0, 0.1) is 5.92 Å². The minimum Gasteiger partial charge on any atom is -0.303 e. The highest BCUT2D eigenvalue weighted by molar-refractivity contribution is 5.49. The summed E-state index contributed by atoms with van der Waals surface area (Å²) in [5, 5.41) is 0. The standard InChI is InChI=1S/C19H29NO/c1-2-3-6-16-8-11-18(12-9-16)19-13-10-17(15-20-19)7-4-5-14-21/h10,13-16,18H,2-9,11-12H2,1H3. The number of hydrogen-bond donors (Lipinski definition) is 0. The molecule has 0 aliphatic heterocycles. The molecule has 1 heterocycles. The van der Waals surface area contributed by atoms with E-state index in [0.717, 1.165) is 25.0 Å². The van der Waals surface area contributed by atoms with Crippen LogP contribution in [0.2, 0.25) is 0 Å². The van der Waals surface area contributed by atoms with E-state index in [4.69, 9.17) is 0 Å². The predicted molar refractivity (Wildman–Crippen MR) is 87.5 cm³/mol. The first kappa shape index (κ1) is 16.2. The van der Waals surface area contributed by atoms with Crippen LogP contribution in [0.4, 0.5) is 0 Å². The summed E-state index contributed by atoms with van der Waals surface area (Å²) in [5.41, 5.74) is 2.54. The SMILES string of the molecule is CCCCC1CCC(c2ccc(CCCC=O)cn2)CC1. The monoisotopic (exact) mass is 287 g/mol. The van der Waals surface area contributed by atoms with Gasteiger partial charge in [0.15, 0.2) is 0 Å². The maximum atomic E-state index is 10.3. The Labute approximate surface area is 129 Å². The molecule has 0 saturated heterocycles. The fourth-order valence-electron chi connectivity index (χ4n) is 3.45. The smallest absolute Gasteiger partial charge is 0.120 e. The van der Waals surface area contributed by atoms with Gasteiger partial charge in [-0.25, -0.2) is 0 Å². The van der Waals surface area contributed by atoms with Gasteiger partial charge in [0.1, 0.15) is 6.29 Å². The lowest BCUT2D eigenvalue weighted by Gasteiger charge is -2.28. The van der Waals surface area contributed by atoms with Gasteiger partial charge in [-0.2, -0.15) is 0 Å². The van der Waals surface area contributed by atoms with Crippen LogP contribution < -0.4 is 0 Å². The quantitative estimate of drug-likeness (QED) is 0.493. The molecular weight excluding hydrogens is 258 g/mol. The van der Waals surface area contributed by atoms with E-state index in [1.807, 2.05) is 6.20 Å². The number of aromatic nitrogens is 1. The maximum Gasteiger partial charge on any atom is 0.120 e. The van der Waals surface area contributed by atoms with Crippen molar-refractivity contribution in [2.24, 2.45) is 5.92 Å². The lowest BCUT2D eigenvalue weighted by molar-refractivity contribution is -0.107. The Kier molecular flexibility index (Phi) is 6.91. The predicted octanol–water partition coefficient (Wildman–Crippen LogP) is 5.07. The number of carbonyl (C=O) groups is 1. The molecule has 0 unspecified atom stereocenters. The summed E-state index contributed by atoms with van der Waals surface area (Å²) in [7, 11) is 0. The molecular formula is C19H29NO. The number of unbranched alkanes of at least 4 members (excludes halogenated alkanes) is 2. The van der Waals surface area contributed by atoms with Gasteiger partial charge in [-0.05, 0) is 56.1 Å². The van der Waals surface area contributed by atoms with E-state index >= 15 is 0 Å². The second-order valence-corrected chi connectivity index (χ2v) is 6.51. The van der Waals surface area contributed by atoms with Gasteiger partial charge in [-0.3, -0.25) is 4.98 Å². The van der Waals surface area contributed by atoms with Crippen molar-refractivity contribution in [3.05, 3.63) is 29.6 Å². The normalized spacial score (nSPS) is 22.1. The number of rotatable bonds is 8. The summed E-state index contributed by atoms with van der Waals surface area (Å²) in [5.74, 6) is 1.63. The van der Waals surface area contributed by atoms with Crippen molar-refractivity contribution in [1.82, 2.24) is 4.98 Å². The molecule has 0 amide bonds. The van der Waals surface area contributed by atoms with Gasteiger partial charge in [0.2, 0.25) is 0 Å². The summed E-state index contributed by atoms with van der Waals surface area (Å²) in [4.78, 5) is 15.0. The molecule has 0 bridgehead atoms. The lowest BCUT2D eigenvalue weighted by Crippen LogP contribution is -2.14. The second kappa shape index (κ2) is 8.96. The average molecular weight is 287 g/mol. The summed E-state index contributed by atoms with van der Waals surface area (Å²) in [6.07, 6.45) is 15.1. The molecule has 0 atom stereocenters. The molecule has 1 fully saturated rings. The van der Waals surface area contributed by atoms with Crippen molar-refractivity contribution in [3.63, 3.8) is 0 Å². The van der Waals surface area contributed by atoms with Gasteiger partial charge >= 0.3 is 0 Å². The molecule has 0 radical (unpaired) electrons. The molecule has 0 N–H and O–H groups in total. The van der Waals surface area contributed by atoms with Crippen molar-refractivity contribution >= 4 is 6.29 Å². The first-order valence-corrected chi connectivity index (χ1v) is 8.72. The van der Waals surface area contributed by atoms with Crippen LogP contribution in [-0.4, -0.2) is 11.3 Å². The molecule has 2 nitrogen and oxygen atoms in total. The lowest BCUT2D eigenvalue weighted by atomic mass is 9.78. The number of aryl methyl sites for hydroxylation is 1. The fraction of sp³-hybridized carbons (Fsp3) is 0.684. The number of aldehydes is 1. The molecule has 1 aromatic rings. The summed E-state index contributed by atoms with van der Waals surface area (Å²) >= 11 is 0. The molecule has 1 saturated carbocycles. The van der Waals surface area contributed by atoms with Crippen molar-refractivity contribution in [1.29, 1.82) is 0 Å². The van der Waals surface area contributed by atoms with Crippen LogP contribution in [0.5, 0.6) is 0 Å². The minimum atomic E-state index is 0.656. The Morgan fingerprint density at radius 2 is 2.00 bits per heavy atom. The van der Waals surface area contributed by atoms with Crippen LogP contribution in [0.3, 0.4) is 0 Å². The van der Waals surface area contributed by atoms with Crippen LogP contribution in [-0.2, 0) is 11.2 Å². The third-order valence-electron chi connectivity index (χ3n) is 4.87. The molecule has 0 aromatic carbocycles. The Bertz CT molecular complexity index is 404. The van der Waals surface area contributed by atoms with E-state index in [1.54, 1.807) is 0 Å². The van der Waals surface area contributed by atoms with E-state index < -0.39 is 0 Å². The van der Waals surface area contributed by atoms with Gasteiger partial charge in [0.25, 0.3) is 0 Å². The van der Waals surface area contributed by atoms with Crippen LogP contribution in [0.15, 0.2) is 18.3 Å². The largest absolute Gasteiger partial charge is 0.303 e. The fourth-order valence-corrected chi connectivity index (χ4v) is 3.45. The highest BCUT2D eigenvalue weighted by atomic mass is 16.1. The van der Waals surface area contributed by atoms with Crippen molar-refractivity contribution in [2.45, 2.75) is 77.0 Å². The molecule has 1 aliphatic carbocycles. The van der Waals surface area contributed by atoms with Crippen molar-refractivity contribution in [2.75, 3.05) is 0 Å². The summed E-state index contributed by atoms with van der Waals surface area (Å²) in [6.45, 7) is 2.28. The Morgan fingerprint density at radius 1 is 1.19 bits per heavy atom. The van der Waals surface area contributed by atoms with Crippen molar-refractivity contribution < 1.29 is 4.79 Å². The highest BCUT2D eigenvalue weighted by Crippen LogP contribution is 2.36. The van der Waals surface area contributed by atoms with Gasteiger partial charge in [-0.1, -0.05) is 32.3 Å². The third-order valence-corrected chi connectivity index (χ3v) is 4.87. The molecule has 2 rings (SSSR count). The zero-order valence-corrected chi connectivity index (χ0v) is 13.4. The molecule has 1 aromatic heterocycles. The van der Waals surface area contributed by atoms with Crippen molar-refractivity contribution in [3.8, 4) is 0 Å². The maximum absolute atomic E-state index is 10.3. The summed E-state index contributed by atoms with van der Waals surface area (Å²) < 4.78 is 0. The van der Waals surface area contributed by atoms with Gasteiger partial charge in [0.05, 0.1) is 0 Å². The molecule has 1 aliphatic rings. The number of pyridine rings is 1. The van der Waals surface area contributed by atoms with Crippen LogP contribution in [0.1, 0.15) is 81.9 Å². The topological polar surface area (TPSA) is 30.0 Å². The van der Waals surface area contributed by atoms with E-state index in [2.05, 4.69) is 24.0 Å². The minimum absolute atomic E-state index is 0.656. The van der Waals surface area contributed by atoms with E-state index in [0.29, 0.717) is 12.3 Å². The Hall–Kier alpha value is -1.18. The Balaban J connectivity index is 1.79. The number of nitrogens with zero attached hydrogens (tertiary/aromatic N) is 1. The third kappa shape index (κ3) is 5.26. The number of carbonyl (C=O) groups excluding carboxylic acids is 1. The summed E-state index contributed by atoms with van der Waals surface area (Å²) in [6, 6.07) is 4.42. The second-order valence-electron chi connectivity index (χ2n) is 6.51. The van der Waals surface area contributed by atoms with E-state index in [9.17, 15) is 4.79 Å². The van der Waals surface area contributed by atoms with Gasteiger partial charge in [-0.15, -0.1) is 0 Å². The zero-order chi connectivity index (χ0) is 14.9. The molecule has 116 valence electrons. The zero-order valence-electron chi connectivity index (χ0n) is 13.4. The van der Waals surface area contributed by atoms with Gasteiger partial charge < -0.3 is 4.79 Å². The molecule has 0 spiro atoms. The van der Waals surface area contributed by atoms with E-state index in [-0.39, 0.29) is 0 Å². The van der Waals surface area contributed by atoms with Gasteiger partial charge in [0, 0.05) is 24.2 Å². The molecule has 2 heteroatoms.